The molecule has 0 saturated carbocycles. The van der Waals surface area contributed by atoms with Crippen LogP contribution in [-0.2, 0) is 0 Å². The first kappa shape index (κ1) is 17.3. The number of nitrogen functional groups attached to an aromatic ring is 1. The number of hydrogen-bond acceptors (Lipinski definition) is 7. The minimum Gasteiger partial charge on any atom is -0.368 e. The molecule has 0 aliphatic carbocycles. The van der Waals surface area contributed by atoms with Crippen molar-refractivity contribution in [2.75, 3.05) is 11.1 Å². The Labute approximate surface area is 176 Å². The van der Waals surface area contributed by atoms with Crippen molar-refractivity contribution in [3.05, 3.63) is 73.4 Å². The average molecular weight is 404 g/mol. The molecule has 6 rings (SSSR count). The third-order valence-electron chi connectivity index (χ3n) is 5.27. The Kier molecular flexibility index (Phi) is 3.76. The van der Waals surface area contributed by atoms with E-state index in [9.17, 15) is 0 Å². The predicted octanol–water partition coefficient (Wildman–Crippen LogP) is 4.44. The lowest BCUT2D eigenvalue weighted by Gasteiger charge is -2.14. The van der Waals surface area contributed by atoms with Crippen molar-refractivity contribution in [2.24, 2.45) is 0 Å². The minimum atomic E-state index is 0.196. The van der Waals surface area contributed by atoms with E-state index in [-0.39, 0.29) is 5.95 Å². The zero-order chi connectivity index (χ0) is 20.8. The summed E-state index contributed by atoms with van der Waals surface area (Å²) in [6.07, 6.45) is 5.04. The van der Waals surface area contributed by atoms with Crippen molar-refractivity contribution < 1.29 is 0 Å². The van der Waals surface area contributed by atoms with Gasteiger partial charge in [-0.05, 0) is 23.8 Å². The van der Waals surface area contributed by atoms with E-state index in [1.807, 2.05) is 60.8 Å². The van der Waals surface area contributed by atoms with Crippen molar-refractivity contribution in [1.29, 1.82) is 0 Å². The van der Waals surface area contributed by atoms with E-state index >= 15 is 0 Å². The molecule has 0 spiro atoms. The predicted molar refractivity (Wildman–Crippen MR) is 122 cm³/mol. The van der Waals surface area contributed by atoms with E-state index in [4.69, 9.17) is 5.73 Å². The number of hydrogen-bond donors (Lipinski definition) is 3. The summed E-state index contributed by atoms with van der Waals surface area (Å²) in [6, 6.07) is 17.9. The molecule has 0 saturated heterocycles. The molecule has 0 amide bonds. The second-order valence-corrected chi connectivity index (χ2v) is 7.13. The second-order valence-electron chi connectivity index (χ2n) is 7.13. The van der Waals surface area contributed by atoms with Gasteiger partial charge >= 0.3 is 0 Å². The first-order valence-corrected chi connectivity index (χ1v) is 9.72. The van der Waals surface area contributed by atoms with E-state index < -0.39 is 0 Å². The summed E-state index contributed by atoms with van der Waals surface area (Å²) >= 11 is 0. The topological polar surface area (TPSA) is 118 Å². The Morgan fingerprint density at radius 1 is 0.839 bits per heavy atom. The number of H-pyrrole nitrogens is 1. The summed E-state index contributed by atoms with van der Waals surface area (Å²) in [6.45, 7) is 0. The number of aromatic amines is 1. The summed E-state index contributed by atoms with van der Waals surface area (Å²) in [5.74, 6) is 0.807. The molecule has 8 heteroatoms. The molecule has 6 aromatic rings. The lowest BCUT2D eigenvalue weighted by atomic mass is 9.98. The highest BCUT2D eigenvalue weighted by Crippen LogP contribution is 2.37. The summed E-state index contributed by atoms with van der Waals surface area (Å²) in [5.41, 5.74) is 12.2. The van der Waals surface area contributed by atoms with Gasteiger partial charge in [-0.25, -0.2) is 19.9 Å². The maximum Gasteiger partial charge on any atom is 0.222 e. The molecule has 31 heavy (non-hydrogen) atoms. The Hall–Kier alpha value is -4.59. The van der Waals surface area contributed by atoms with Gasteiger partial charge in [0.1, 0.15) is 17.7 Å². The Morgan fingerprint density at radius 3 is 2.68 bits per heavy atom. The molecule has 3 aromatic carbocycles. The van der Waals surface area contributed by atoms with Crippen LogP contribution in [0.3, 0.4) is 0 Å². The number of anilines is 3. The van der Waals surface area contributed by atoms with Crippen LogP contribution in [0.2, 0.25) is 0 Å². The summed E-state index contributed by atoms with van der Waals surface area (Å²) in [4.78, 5) is 25.2. The first-order chi connectivity index (χ1) is 15.3. The molecular weight excluding hydrogens is 388 g/mol. The standard InChI is InChI=1S/C23H16N8/c24-23-30-16-7-2-5-14(15-6-1-4-13-10-25-11-27-20(13)15)19(16)22(31-23)29-18-9-3-8-17-21(18)28-12-26-17/h1-12H,(H,26,28)(H3,24,29,30,31). The third kappa shape index (κ3) is 2.81. The van der Waals surface area contributed by atoms with Crippen molar-refractivity contribution in [2.45, 2.75) is 0 Å². The van der Waals surface area contributed by atoms with Crippen molar-refractivity contribution in [3.8, 4) is 11.1 Å². The molecule has 3 heterocycles. The smallest absolute Gasteiger partial charge is 0.222 e. The van der Waals surface area contributed by atoms with Crippen LogP contribution < -0.4 is 11.1 Å². The number of nitrogens with one attached hydrogen (secondary N) is 2. The van der Waals surface area contributed by atoms with Gasteiger partial charge < -0.3 is 16.0 Å². The highest BCUT2D eigenvalue weighted by molar-refractivity contribution is 6.08. The van der Waals surface area contributed by atoms with Crippen LogP contribution in [0.4, 0.5) is 17.5 Å². The van der Waals surface area contributed by atoms with Gasteiger partial charge in [0.15, 0.2) is 0 Å². The van der Waals surface area contributed by atoms with Crippen LogP contribution in [-0.4, -0.2) is 29.9 Å². The van der Waals surface area contributed by atoms with Crippen LogP contribution >= 0.6 is 0 Å². The van der Waals surface area contributed by atoms with Crippen LogP contribution in [0.15, 0.2) is 73.4 Å². The van der Waals surface area contributed by atoms with Crippen molar-refractivity contribution >= 4 is 50.3 Å². The maximum absolute atomic E-state index is 6.05. The molecule has 148 valence electrons. The van der Waals surface area contributed by atoms with Crippen LogP contribution in [0.5, 0.6) is 0 Å². The number of para-hydroxylation sites is 2. The fourth-order valence-corrected chi connectivity index (χ4v) is 3.94. The number of rotatable bonds is 3. The van der Waals surface area contributed by atoms with E-state index in [0.717, 1.165) is 49.7 Å². The lowest BCUT2D eigenvalue weighted by molar-refractivity contribution is 1.22. The monoisotopic (exact) mass is 404 g/mol. The van der Waals surface area contributed by atoms with E-state index in [1.54, 1.807) is 12.7 Å². The summed E-state index contributed by atoms with van der Waals surface area (Å²) < 4.78 is 0. The maximum atomic E-state index is 6.05. The fraction of sp³-hybridized carbons (Fsp3) is 0. The molecule has 3 aromatic heterocycles. The molecule has 8 nitrogen and oxygen atoms in total. The molecule has 0 aliphatic heterocycles. The Bertz CT molecular complexity index is 1580. The SMILES string of the molecule is Nc1nc(Nc2cccc3[nH]cnc23)c2c(-c3cccc4cncnc34)cccc2n1. The second kappa shape index (κ2) is 6.74. The van der Waals surface area contributed by atoms with Crippen LogP contribution in [0.25, 0.3) is 44.0 Å². The number of nitrogens with two attached hydrogens (primary N) is 1. The molecule has 0 bridgehead atoms. The summed E-state index contributed by atoms with van der Waals surface area (Å²) in [5, 5.41) is 5.25. The van der Waals surface area contributed by atoms with Gasteiger partial charge in [0, 0.05) is 17.1 Å². The van der Waals surface area contributed by atoms with Gasteiger partial charge in [0.25, 0.3) is 0 Å². The zero-order valence-corrected chi connectivity index (χ0v) is 16.2. The lowest BCUT2D eigenvalue weighted by Crippen LogP contribution is -2.03. The Morgan fingerprint density at radius 2 is 1.71 bits per heavy atom. The number of fused-ring (bicyclic) bond motifs is 3. The van der Waals surface area contributed by atoms with Gasteiger partial charge in [-0.3, -0.25) is 0 Å². The minimum absolute atomic E-state index is 0.196. The first-order valence-electron chi connectivity index (χ1n) is 9.72. The highest BCUT2D eigenvalue weighted by atomic mass is 15.1. The van der Waals surface area contributed by atoms with Gasteiger partial charge in [0.05, 0.1) is 34.0 Å². The molecule has 0 atom stereocenters. The largest absolute Gasteiger partial charge is 0.368 e. The number of benzene rings is 3. The van der Waals surface area contributed by atoms with E-state index in [0.29, 0.717) is 5.82 Å². The van der Waals surface area contributed by atoms with Gasteiger partial charge in [-0.2, -0.15) is 4.98 Å². The van der Waals surface area contributed by atoms with Crippen molar-refractivity contribution in [1.82, 2.24) is 29.9 Å². The van der Waals surface area contributed by atoms with Crippen molar-refractivity contribution in [3.63, 3.8) is 0 Å². The van der Waals surface area contributed by atoms with Gasteiger partial charge in [-0.15, -0.1) is 0 Å². The Balaban J connectivity index is 1.63. The fourth-order valence-electron chi connectivity index (χ4n) is 3.94. The van der Waals surface area contributed by atoms with E-state index in [1.165, 1.54) is 0 Å². The highest BCUT2D eigenvalue weighted by Gasteiger charge is 2.16. The summed E-state index contributed by atoms with van der Waals surface area (Å²) in [7, 11) is 0. The number of nitrogens with zero attached hydrogens (tertiary/aromatic N) is 5. The molecule has 0 unspecified atom stereocenters. The molecule has 0 fully saturated rings. The number of aromatic nitrogens is 6. The van der Waals surface area contributed by atoms with Gasteiger partial charge in [0.2, 0.25) is 5.95 Å². The average Bonchev–Trinajstić information content (AvgIpc) is 3.28. The number of imidazole rings is 1. The molecular formula is C23H16N8. The third-order valence-corrected chi connectivity index (χ3v) is 5.27. The molecule has 0 radical (unpaired) electrons. The normalized spacial score (nSPS) is 11.4. The van der Waals surface area contributed by atoms with Crippen LogP contribution in [0, 0.1) is 0 Å². The van der Waals surface area contributed by atoms with Crippen LogP contribution in [0.1, 0.15) is 0 Å². The quantitative estimate of drug-likeness (QED) is 0.399. The molecule has 4 N–H and O–H groups in total. The van der Waals surface area contributed by atoms with E-state index in [2.05, 4.69) is 35.2 Å². The van der Waals surface area contributed by atoms with Gasteiger partial charge in [-0.1, -0.05) is 36.4 Å². The molecule has 0 aliphatic rings. The zero-order valence-electron chi connectivity index (χ0n) is 16.2.